The zero-order valence-corrected chi connectivity index (χ0v) is 21.3. The second kappa shape index (κ2) is 10.4. The van der Waals surface area contributed by atoms with Gasteiger partial charge >= 0.3 is 6.18 Å². The molecule has 0 spiro atoms. The third-order valence-electron chi connectivity index (χ3n) is 7.36. The van der Waals surface area contributed by atoms with E-state index in [9.17, 15) is 28.1 Å². The van der Waals surface area contributed by atoms with E-state index in [2.05, 4.69) is 4.90 Å². The summed E-state index contributed by atoms with van der Waals surface area (Å²) in [6.45, 7) is 1.99. The lowest BCUT2D eigenvalue weighted by atomic mass is 9.87. The second-order valence-corrected chi connectivity index (χ2v) is 9.73. The summed E-state index contributed by atoms with van der Waals surface area (Å²) in [5.41, 5.74) is 2.30. The van der Waals surface area contributed by atoms with Crippen LogP contribution in [0.3, 0.4) is 0 Å². The van der Waals surface area contributed by atoms with Crippen LogP contribution in [0.4, 0.5) is 24.5 Å². The zero-order chi connectivity index (χ0) is 27.7. The van der Waals surface area contributed by atoms with Crippen molar-refractivity contribution in [2.45, 2.75) is 18.5 Å². The number of amides is 1. The first kappa shape index (κ1) is 26.3. The Labute approximate surface area is 223 Å². The van der Waals surface area contributed by atoms with Gasteiger partial charge in [0, 0.05) is 80.5 Å². The molecule has 10 heteroatoms. The lowest BCUT2D eigenvalue weighted by Crippen LogP contribution is -2.49. The molecule has 1 fully saturated rings. The topological polar surface area (TPSA) is 71.6 Å². The van der Waals surface area contributed by atoms with Gasteiger partial charge in [0.2, 0.25) is 5.91 Å². The quantitative estimate of drug-likeness (QED) is 0.225. The zero-order valence-electron chi connectivity index (χ0n) is 21.3. The number of benzene rings is 3. The van der Waals surface area contributed by atoms with Crippen molar-refractivity contribution in [1.82, 2.24) is 9.47 Å². The number of nitro benzene ring substituents is 1. The second-order valence-electron chi connectivity index (χ2n) is 9.73. The molecular weight excluding hydrogens is 509 g/mol. The summed E-state index contributed by atoms with van der Waals surface area (Å²) in [5.74, 6) is -0.688. The highest BCUT2D eigenvalue weighted by Gasteiger charge is 2.33. The number of nitrogens with zero attached hydrogens (tertiary/aromatic N) is 4. The van der Waals surface area contributed by atoms with Gasteiger partial charge in [-0.15, -0.1) is 0 Å². The average molecular weight is 537 g/mol. The first-order valence-corrected chi connectivity index (χ1v) is 12.6. The molecule has 7 nitrogen and oxygen atoms in total. The maximum Gasteiger partial charge on any atom is 0.416 e. The Kier molecular flexibility index (Phi) is 7.03. The molecule has 0 saturated carbocycles. The predicted molar refractivity (Wildman–Crippen MR) is 143 cm³/mol. The molecule has 4 aromatic rings. The molecule has 1 unspecified atom stereocenters. The van der Waals surface area contributed by atoms with Crippen molar-refractivity contribution in [2.24, 2.45) is 7.05 Å². The van der Waals surface area contributed by atoms with Crippen LogP contribution in [0.25, 0.3) is 10.9 Å². The number of fused-ring (bicyclic) bond motifs is 1. The highest BCUT2D eigenvalue weighted by Crippen LogP contribution is 2.38. The van der Waals surface area contributed by atoms with E-state index in [0.29, 0.717) is 31.7 Å². The summed E-state index contributed by atoms with van der Waals surface area (Å²) < 4.78 is 42.6. The number of alkyl halides is 3. The van der Waals surface area contributed by atoms with Crippen LogP contribution in [0.1, 0.15) is 29.0 Å². The third-order valence-corrected chi connectivity index (χ3v) is 7.36. The van der Waals surface area contributed by atoms with Gasteiger partial charge in [0.15, 0.2) is 0 Å². The van der Waals surface area contributed by atoms with Crippen LogP contribution < -0.4 is 4.90 Å². The van der Waals surface area contributed by atoms with Crippen molar-refractivity contribution >= 4 is 28.2 Å². The Morgan fingerprint density at radius 1 is 0.974 bits per heavy atom. The van der Waals surface area contributed by atoms with E-state index in [-0.39, 0.29) is 18.0 Å². The molecule has 39 heavy (non-hydrogen) atoms. The van der Waals surface area contributed by atoms with Crippen LogP contribution in [0.5, 0.6) is 0 Å². The third kappa shape index (κ3) is 5.45. The summed E-state index contributed by atoms with van der Waals surface area (Å²) in [7, 11) is 1.88. The van der Waals surface area contributed by atoms with E-state index in [4.69, 9.17) is 0 Å². The molecule has 0 radical (unpaired) electrons. The Hall–Kier alpha value is -4.34. The fraction of sp³-hybridized carbons (Fsp3) is 0.276. The molecule has 2 heterocycles. The Balaban J connectivity index is 1.38. The monoisotopic (exact) mass is 536 g/mol. The average Bonchev–Trinajstić information content (AvgIpc) is 3.27. The van der Waals surface area contributed by atoms with Crippen molar-refractivity contribution in [3.63, 3.8) is 0 Å². The van der Waals surface area contributed by atoms with Gasteiger partial charge in [-0.2, -0.15) is 13.2 Å². The van der Waals surface area contributed by atoms with Gasteiger partial charge in [0.25, 0.3) is 5.69 Å². The van der Waals surface area contributed by atoms with E-state index in [0.717, 1.165) is 34.3 Å². The molecule has 0 aliphatic carbocycles. The number of rotatable bonds is 6. The smallest absolute Gasteiger partial charge is 0.368 e. The Bertz CT molecular complexity index is 1510. The minimum absolute atomic E-state index is 0.0154. The number of hydrogen-bond donors (Lipinski definition) is 0. The number of para-hydroxylation sites is 1. The number of halogens is 3. The van der Waals surface area contributed by atoms with Gasteiger partial charge in [-0.05, 0) is 35.4 Å². The van der Waals surface area contributed by atoms with Gasteiger partial charge < -0.3 is 14.4 Å². The van der Waals surface area contributed by atoms with Crippen LogP contribution >= 0.6 is 0 Å². The van der Waals surface area contributed by atoms with Gasteiger partial charge in [-0.25, -0.2) is 0 Å². The number of non-ortho nitro benzene ring substituents is 1. The van der Waals surface area contributed by atoms with Crippen LogP contribution in [-0.2, 0) is 18.0 Å². The standard InChI is InChI=1S/C29H27F3N4O3/c1-33-19-26(24-7-2-3-8-27(24)33)25(20-5-4-6-21(17-20)29(30,31)32)18-28(37)35-15-13-34(14-16-35)22-9-11-23(12-10-22)36(38)39/h2-12,17,19,25H,13-16,18H2,1H3. The molecule has 5 rings (SSSR count). The van der Waals surface area contributed by atoms with E-state index >= 15 is 0 Å². The minimum atomic E-state index is -4.49. The summed E-state index contributed by atoms with van der Waals surface area (Å²) in [6, 6.07) is 19.2. The highest BCUT2D eigenvalue weighted by molar-refractivity contribution is 5.86. The van der Waals surface area contributed by atoms with E-state index < -0.39 is 22.6 Å². The van der Waals surface area contributed by atoms with Crippen LogP contribution in [0, 0.1) is 10.1 Å². The first-order valence-electron chi connectivity index (χ1n) is 12.6. The van der Waals surface area contributed by atoms with Gasteiger partial charge in [0.05, 0.1) is 10.5 Å². The lowest BCUT2D eigenvalue weighted by molar-refractivity contribution is -0.384. The number of aryl methyl sites for hydroxylation is 1. The number of aromatic nitrogens is 1. The first-order chi connectivity index (χ1) is 18.6. The Morgan fingerprint density at radius 3 is 2.33 bits per heavy atom. The summed E-state index contributed by atoms with van der Waals surface area (Å²) >= 11 is 0. The minimum Gasteiger partial charge on any atom is -0.368 e. The fourth-order valence-corrected chi connectivity index (χ4v) is 5.29. The number of carbonyl (C=O) groups is 1. The van der Waals surface area contributed by atoms with Gasteiger partial charge in [-0.1, -0.05) is 36.4 Å². The molecule has 1 saturated heterocycles. The van der Waals surface area contributed by atoms with Crippen LogP contribution in [0.2, 0.25) is 0 Å². The maximum absolute atomic E-state index is 13.6. The number of anilines is 1. The van der Waals surface area contributed by atoms with E-state index in [1.165, 1.54) is 18.2 Å². The highest BCUT2D eigenvalue weighted by atomic mass is 19.4. The Morgan fingerprint density at radius 2 is 1.67 bits per heavy atom. The normalized spacial score (nSPS) is 15.0. The molecule has 1 amide bonds. The molecule has 1 atom stereocenters. The van der Waals surface area contributed by atoms with Crippen molar-refractivity contribution < 1.29 is 22.9 Å². The molecule has 202 valence electrons. The van der Waals surface area contributed by atoms with E-state index in [1.807, 2.05) is 42.1 Å². The molecule has 3 aromatic carbocycles. The number of carbonyl (C=O) groups excluding carboxylic acids is 1. The molecular formula is C29H27F3N4O3. The molecule has 0 N–H and O–H groups in total. The summed E-state index contributed by atoms with van der Waals surface area (Å²) in [6.07, 6.45) is -2.56. The lowest BCUT2D eigenvalue weighted by Gasteiger charge is -2.36. The number of piperazine rings is 1. The van der Waals surface area contributed by atoms with Gasteiger partial charge in [-0.3, -0.25) is 14.9 Å². The van der Waals surface area contributed by atoms with Crippen LogP contribution in [-0.4, -0.2) is 46.5 Å². The molecule has 0 bridgehead atoms. The maximum atomic E-state index is 13.6. The molecule has 1 aliphatic rings. The van der Waals surface area contributed by atoms with Gasteiger partial charge in [0.1, 0.15) is 0 Å². The van der Waals surface area contributed by atoms with Crippen LogP contribution in [0.15, 0.2) is 79.0 Å². The number of nitro groups is 1. The van der Waals surface area contributed by atoms with Crippen molar-refractivity contribution in [2.75, 3.05) is 31.1 Å². The predicted octanol–water partition coefficient (Wildman–Crippen LogP) is 5.98. The summed E-state index contributed by atoms with van der Waals surface area (Å²) in [4.78, 5) is 27.8. The largest absolute Gasteiger partial charge is 0.416 e. The van der Waals surface area contributed by atoms with E-state index in [1.54, 1.807) is 23.1 Å². The van der Waals surface area contributed by atoms with Crippen molar-refractivity contribution in [3.05, 3.63) is 106 Å². The fourth-order valence-electron chi connectivity index (χ4n) is 5.29. The van der Waals surface area contributed by atoms with Crippen molar-refractivity contribution in [3.8, 4) is 0 Å². The molecule has 1 aromatic heterocycles. The number of hydrogen-bond acceptors (Lipinski definition) is 4. The SMILES string of the molecule is Cn1cc(C(CC(=O)N2CCN(c3ccc([N+](=O)[O-])cc3)CC2)c2cccc(C(F)(F)F)c2)c2ccccc21. The molecule has 1 aliphatic heterocycles. The van der Waals surface area contributed by atoms with Crippen molar-refractivity contribution in [1.29, 1.82) is 0 Å². The summed E-state index contributed by atoms with van der Waals surface area (Å²) in [5, 5.41) is 11.8.